The summed E-state index contributed by atoms with van der Waals surface area (Å²) >= 11 is 0. The average Bonchev–Trinajstić information content (AvgIpc) is 2.94. The second kappa shape index (κ2) is 5.15. The van der Waals surface area contributed by atoms with Gasteiger partial charge < -0.3 is 14.4 Å². The van der Waals surface area contributed by atoms with Crippen LogP contribution < -0.4 is 9.47 Å². The Morgan fingerprint density at radius 1 is 1.20 bits per heavy atom. The van der Waals surface area contributed by atoms with E-state index in [0.717, 1.165) is 12.8 Å². The summed E-state index contributed by atoms with van der Waals surface area (Å²) in [6, 6.07) is 5.37. The molecular weight excluding hydrogens is 258 g/mol. The summed E-state index contributed by atoms with van der Waals surface area (Å²) in [5, 5.41) is 0. The highest BCUT2D eigenvalue weighted by Crippen LogP contribution is 2.33. The zero-order valence-corrected chi connectivity index (χ0v) is 11.4. The molecule has 106 valence electrons. The Morgan fingerprint density at radius 2 is 1.90 bits per heavy atom. The van der Waals surface area contributed by atoms with Gasteiger partial charge in [0.2, 0.25) is 6.79 Å². The molecule has 1 amide bonds. The first kappa shape index (κ1) is 13.0. The standard InChI is InChI=1S/C15H17NO4/c1-16(11-3-5-12(17)6-4-11)15(18)10-2-7-13-14(8-10)20-9-19-13/h2,7-8,11H,3-6,9H2,1H3. The Hall–Kier alpha value is -2.04. The van der Waals surface area contributed by atoms with E-state index >= 15 is 0 Å². The quantitative estimate of drug-likeness (QED) is 0.828. The number of hydrogen-bond donors (Lipinski definition) is 0. The van der Waals surface area contributed by atoms with Crippen molar-refractivity contribution in [1.82, 2.24) is 4.90 Å². The van der Waals surface area contributed by atoms with Crippen LogP contribution in [0.1, 0.15) is 36.0 Å². The van der Waals surface area contributed by atoms with Crippen molar-refractivity contribution in [3.63, 3.8) is 0 Å². The molecular formula is C15H17NO4. The van der Waals surface area contributed by atoms with Crippen LogP contribution >= 0.6 is 0 Å². The average molecular weight is 275 g/mol. The number of carbonyl (C=O) groups excluding carboxylic acids is 2. The van der Waals surface area contributed by atoms with Crippen LogP contribution in [0.3, 0.4) is 0 Å². The maximum absolute atomic E-state index is 12.5. The van der Waals surface area contributed by atoms with E-state index < -0.39 is 0 Å². The predicted molar refractivity (Wildman–Crippen MR) is 71.9 cm³/mol. The van der Waals surface area contributed by atoms with Gasteiger partial charge in [0.25, 0.3) is 5.91 Å². The van der Waals surface area contributed by atoms with E-state index in [-0.39, 0.29) is 18.7 Å². The molecule has 0 aromatic heterocycles. The van der Waals surface area contributed by atoms with E-state index in [1.54, 1.807) is 30.1 Å². The summed E-state index contributed by atoms with van der Waals surface area (Å²) in [6.07, 6.45) is 2.66. The van der Waals surface area contributed by atoms with Gasteiger partial charge in [0.1, 0.15) is 5.78 Å². The molecule has 5 nitrogen and oxygen atoms in total. The molecule has 1 heterocycles. The van der Waals surface area contributed by atoms with Gasteiger partial charge in [-0.2, -0.15) is 0 Å². The minimum atomic E-state index is -0.0392. The lowest BCUT2D eigenvalue weighted by Crippen LogP contribution is -2.39. The molecule has 0 atom stereocenters. The molecule has 1 aliphatic carbocycles. The van der Waals surface area contributed by atoms with E-state index in [1.165, 1.54) is 0 Å². The molecule has 5 heteroatoms. The molecule has 3 rings (SSSR count). The minimum Gasteiger partial charge on any atom is -0.454 e. The van der Waals surface area contributed by atoms with Crippen LogP contribution in [0.15, 0.2) is 18.2 Å². The molecule has 20 heavy (non-hydrogen) atoms. The summed E-state index contributed by atoms with van der Waals surface area (Å²) in [5.41, 5.74) is 0.591. The Labute approximate surface area is 117 Å². The molecule has 0 saturated heterocycles. The summed E-state index contributed by atoms with van der Waals surface area (Å²) in [6.45, 7) is 0.202. The SMILES string of the molecule is CN(C(=O)c1ccc2c(c1)OCO2)C1CCC(=O)CC1. The van der Waals surface area contributed by atoms with Gasteiger partial charge in [-0.25, -0.2) is 0 Å². The van der Waals surface area contributed by atoms with Crippen molar-refractivity contribution >= 4 is 11.7 Å². The number of ketones is 1. The fourth-order valence-electron chi connectivity index (χ4n) is 2.71. The second-order valence-electron chi connectivity index (χ2n) is 5.25. The molecule has 1 fully saturated rings. The number of nitrogens with zero attached hydrogens (tertiary/aromatic N) is 1. The summed E-state index contributed by atoms with van der Waals surface area (Å²) < 4.78 is 10.5. The smallest absolute Gasteiger partial charge is 0.253 e. The van der Waals surface area contributed by atoms with Crippen LogP contribution in [-0.2, 0) is 4.79 Å². The maximum Gasteiger partial charge on any atom is 0.253 e. The first-order valence-electron chi connectivity index (χ1n) is 6.83. The van der Waals surface area contributed by atoms with Gasteiger partial charge in [0.15, 0.2) is 11.5 Å². The lowest BCUT2D eigenvalue weighted by atomic mass is 9.93. The zero-order valence-electron chi connectivity index (χ0n) is 11.4. The highest BCUT2D eigenvalue weighted by atomic mass is 16.7. The normalized spacial score (nSPS) is 18.1. The van der Waals surface area contributed by atoms with Crippen molar-refractivity contribution in [3.8, 4) is 11.5 Å². The fourth-order valence-corrected chi connectivity index (χ4v) is 2.71. The number of carbonyl (C=O) groups is 2. The van der Waals surface area contributed by atoms with E-state index in [0.29, 0.717) is 35.7 Å². The molecule has 2 aliphatic rings. The highest BCUT2D eigenvalue weighted by molar-refractivity contribution is 5.95. The summed E-state index contributed by atoms with van der Waals surface area (Å²) in [5.74, 6) is 1.54. The van der Waals surface area contributed by atoms with E-state index in [4.69, 9.17) is 9.47 Å². The zero-order chi connectivity index (χ0) is 14.1. The van der Waals surface area contributed by atoms with Crippen molar-refractivity contribution in [3.05, 3.63) is 23.8 Å². The Balaban J connectivity index is 1.73. The van der Waals surface area contributed by atoms with Crippen molar-refractivity contribution < 1.29 is 19.1 Å². The van der Waals surface area contributed by atoms with Crippen LogP contribution in [0.5, 0.6) is 11.5 Å². The number of amides is 1. The van der Waals surface area contributed by atoms with Crippen molar-refractivity contribution in [1.29, 1.82) is 0 Å². The monoisotopic (exact) mass is 275 g/mol. The minimum absolute atomic E-state index is 0.0392. The fraction of sp³-hybridized carbons (Fsp3) is 0.467. The molecule has 1 aromatic rings. The molecule has 0 bridgehead atoms. The van der Waals surface area contributed by atoms with Crippen LogP contribution in [0, 0.1) is 0 Å². The Kier molecular flexibility index (Phi) is 3.34. The Morgan fingerprint density at radius 3 is 2.65 bits per heavy atom. The maximum atomic E-state index is 12.5. The number of rotatable bonds is 2. The number of hydrogen-bond acceptors (Lipinski definition) is 4. The van der Waals surface area contributed by atoms with Crippen molar-refractivity contribution in [2.24, 2.45) is 0 Å². The summed E-state index contributed by atoms with van der Waals surface area (Å²) in [4.78, 5) is 25.5. The van der Waals surface area contributed by atoms with Gasteiger partial charge >= 0.3 is 0 Å². The van der Waals surface area contributed by atoms with Crippen molar-refractivity contribution in [2.45, 2.75) is 31.7 Å². The molecule has 0 radical (unpaired) electrons. The number of Topliss-reactive ketones (excluding diaryl/α,β-unsaturated/α-hetero) is 1. The summed E-state index contributed by atoms with van der Waals surface area (Å²) in [7, 11) is 1.80. The van der Waals surface area contributed by atoms with Gasteiger partial charge in [-0.1, -0.05) is 0 Å². The molecule has 0 unspecified atom stereocenters. The Bertz CT molecular complexity index is 545. The second-order valence-corrected chi connectivity index (χ2v) is 5.25. The topological polar surface area (TPSA) is 55.8 Å². The van der Waals surface area contributed by atoms with Gasteiger partial charge in [-0.15, -0.1) is 0 Å². The van der Waals surface area contributed by atoms with Crippen LogP contribution in [0.4, 0.5) is 0 Å². The lowest BCUT2D eigenvalue weighted by molar-refractivity contribution is -0.121. The number of fused-ring (bicyclic) bond motifs is 1. The predicted octanol–water partition coefficient (Wildman–Crippen LogP) is 2.00. The van der Waals surface area contributed by atoms with E-state index in [9.17, 15) is 9.59 Å². The first-order chi connectivity index (χ1) is 9.65. The first-order valence-corrected chi connectivity index (χ1v) is 6.83. The molecule has 1 aromatic carbocycles. The van der Waals surface area contributed by atoms with Gasteiger partial charge in [0.05, 0.1) is 0 Å². The molecule has 1 aliphatic heterocycles. The van der Waals surface area contributed by atoms with Gasteiger partial charge in [-0.3, -0.25) is 9.59 Å². The van der Waals surface area contributed by atoms with Crippen LogP contribution in [-0.4, -0.2) is 36.5 Å². The molecule has 0 N–H and O–H groups in total. The van der Waals surface area contributed by atoms with Crippen LogP contribution in [0.25, 0.3) is 0 Å². The lowest BCUT2D eigenvalue weighted by Gasteiger charge is -2.30. The third-order valence-corrected chi connectivity index (χ3v) is 4.00. The largest absolute Gasteiger partial charge is 0.454 e. The third kappa shape index (κ3) is 2.35. The van der Waals surface area contributed by atoms with Gasteiger partial charge in [0, 0.05) is 31.5 Å². The molecule has 1 saturated carbocycles. The third-order valence-electron chi connectivity index (χ3n) is 4.00. The van der Waals surface area contributed by atoms with E-state index in [1.807, 2.05) is 0 Å². The van der Waals surface area contributed by atoms with Crippen LogP contribution in [0.2, 0.25) is 0 Å². The molecule has 0 spiro atoms. The van der Waals surface area contributed by atoms with Gasteiger partial charge in [-0.05, 0) is 31.0 Å². The van der Waals surface area contributed by atoms with Crippen molar-refractivity contribution in [2.75, 3.05) is 13.8 Å². The number of benzene rings is 1. The number of ether oxygens (including phenoxy) is 2. The van der Waals surface area contributed by atoms with E-state index in [2.05, 4.69) is 0 Å². The highest BCUT2D eigenvalue weighted by Gasteiger charge is 2.26.